The van der Waals surface area contributed by atoms with Gasteiger partial charge in [0.1, 0.15) is 11.5 Å². The van der Waals surface area contributed by atoms with Gasteiger partial charge in [0.25, 0.3) is 5.91 Å². The Kier molecular flexibility index (Phi) is 8.36. The maximum absolute atomic E-state index is 13.9. The van der Waals surface area contributed by atoms with Crippen LogP contribution < -0.4 is 15.4 Å². The van der Waals surface area contributed by atoms with Crippen LogP contribution in [0.4, 0.5) is 10.6 Å². The highest BCUT2D eigenvalue weighted by molar-refractivity contribution is 6.01. The summed E-state index contributed by atoms with van der Waals surface area (Å²) in [6, 6.07) is 12.2. The Morgan fingerprint density at radius 1 is 1.09 bits per heavy atom. The highest BCUT2D eigenvalue weighted by Gasteiger charge is 2.42. The number of aliphatic hydroxyl groups is 1. The second-order valence-corrected chi connectivity index (χ2v) is 10.9. The number of amides is 2. The van der Waals surface area contributed by atoms with Gasteiger partial charge in [-0.1, -0.05) is 30.3 Å². The van der Waals surface area contributed by atoms with Gasteiger partial charge in [-0.3, -0.25) is 15.0 Å². The van der Waals surface area contributed by atoms with E-state index in [4.69, 9.17) is 15.9 Å². The molecule has 2 unspecified atom stereocenters. The van der Waals surface area contributed by atoms with Crippen molar-refractivity contribution in [1.82, 2.24) is 19.6 Å². The molecule has 2 saturated heterocycles. The number of nitrogen functional groups attached to an aromatic ring is 1. The van der Waals surface area contributed by atoms with Gasteiger partial charge in [-0.15, -0.1) is 0 Å². The summed E-state index contributed by atoms with van der Waals surface area (Å²) in [5, 5.41) is 31.5. The standard InChI is InChI=1S/C30H33N7O7/c1-34(13-17-6-8-18(9-7-17)26(31)32)27-25(44-2)24(33-37(27)28(40)19-4-3-5-20(12-19)29(41)42)22-15-36(16-23(22)39)30(43)35-11-10-21(38)14-35/h3-9,12,21-22,38H,10-11,13-16H2,1-2H3,(H3,31,32)(H,41,42). The summed E-state index contributed by atoms with van der Waals surface area (Å²) in [6.07, 6.45) is -0.140. The Morgan fingerprint density at radius 2 is 1.80 bits per heavy atom. The highest BCUT2D eigenvalue weighted by atomic mass is 16.5. The highest BCUT2D eigenvalue weighted by Crippen LogP contribution is 2.39. The molecule has 0 spiro atoms. The number of benzene rings is 2. The van der Waals surface area contributed by atoms with Gasteiger partial charge in [0, 0.05) is 44.4 Å². The van der Waals surface area contributed by atoms with E-state index < -0.39 is 23.9 Å². The average Bonchev–Trinajstić information content (AvgIpc) is 3.72. The zero-order valence-electron chi connectivity index (χ0n) is 24.3. The maximum Gasteiger partial charge on any atom is 0.335 e. The molecule has 5 N–H and O–H groups in total. The third-order valence-corrected chi connectivity index (χ3v) is 7.82. The number of aliphatic hydroxyl groups excluding tert-OH is 1. The Morgan fingerprint density at radius 3 is 2.41 bits per heavy atom. The number of urea groups is 1. The molecule has 0 aliphatic carbocycles. The number of anilines is 1. The maximum atomic E-state index is 13.9. The first-order chi connectivity index (χ1) is 21.0. The number of carboxylic acids is 1. The number of ether oxygens (including phenoxy) is 1. The number of aromatic nitrogens is 2. The molecule has 44 heavy (non-hydrogen) atoms. The minimum absolute atomic E-state index is 0.00991. The molecule has 2 aromatic carbocycles. The number of hydrogen-bond donors (Lipinski definition) is 4. The molecule has 3 heterocycles. The van der Waals surface area contributed by atoms with Gasteiger partial charge in [-0.25, -0.2) is 9.59 Å². The fourth-order valence-electron chi connectivity index (χ4n) is 5.54. The van der Waals surface area contributed by atoms with Gasteiger partial charge in [0.2, 0.25) is 0 Å². The molecule has 2 aliphatic heterocycles. The number of aromatic carboxylic acids is 1. The van der Waals surface area contributed by atoms with Crippen LogP contribution in [0.1, 0.15) is 49.9 Å². The predicted octanol–water partition coefficient (Wildman–Crippen LogP) is 1.35. The number of Topliss-reactive ketones (excluding diaryl/α,β-unsaturated/α-hetero) is 1. The Bertz CT molecular complexity index is 1630. The van der Waals surface area contributed by atoms with E-state index in [2.05, 4.69) is 5.10 Å². The van der Waals surface area contributed by atoms with Crippen molar-refractivity contribution in [3.8, 4) is 5.75 Å². The van der Waals surface area contributed by atoms with Crippen LogP contribution in [0.25, 0.3) is 0 Å². The number of nitrogens with zero attached hydrogens (tertiary/aromatic N) is 5. The minimum Gasteiger partial charge on any atom is -0.491 e. The van der Waals surface area contributed by atoms with Crippen molar-refractivity contribution in [1.29, 1.82) is 5.41 Å². The third-order valence-electron chi connectivity index (χ3n) is 7.82. The Balaban J connectivity index is 1.53. The Labute approximate surface area is 252 Å². The largest absolute Gasteiger partial charge is 0.491 e. The van der Waals surface area contributed by atoms with Gasteiger partial charge in [-0.05, 0) is 30.2 Å². The molecule has 1 aromatic heterocycles. The number of carboxylic acid groups (broad SMARTS) is 1. The molecule has 2 fully saturated rings. The summed E-state index contributed by atoms with van der Waals surface area (Å²) in [5.74, 6) is -2.69. The summed E-state index contributed by atoms with van der Waals surface area (Å²) in [7, 11) is 3.11. The number of amidine groups is 1. The van der Waals surface area contributed by atoms with Crippen LogP contribution in [-0.4, -0.2) is 106 Å². The van der Waals surface area contributed by atoms with E-state index in [1.807, 2.05) is 0 Å². The smallest absolute Gasteiger partial charge is 0.335 e. The molecule has 2 atom stereocenters. The number of hydrogen-bond acceptors (Lipinski definition) is 9. The first kappa shape index (κ1) is 30.2. The number of methoxy groups -OCH3 is 1. The number of rotatable bonds is 8. The normalized spacial score (nSPS) is 18.0. The fourth-order valence-corrected chi connectivity index (χ4v) is 5.54. The van der Waals surface area contributed by atoms with Crippen molar-refractivity contribution >= 4 is 35.3 Å². The third kappa shape index (κ3) is 5.83. The van der Waals surface area contributed by atoms with Crippen LogP contribution in [0.5, 0.6) is 5.75 Å². The van der Waals surface area contributed by atoms with Crippen LogP contribution in [0.2, 0.25) is 0 Å². The summed E-state index contributed by atoms with van der Waals surface area (Å²) in [6.45, 7) is 0.699. The lowest BCUT2D eigenvalue weighted by atomic mass is 10.0. The summed E-state index contributed by atoms with van der Waals surface area (Å²) in [4.78, 5) is 56.5. The van der Waals surface area contributed by atoms with E-state index in [0.29, 0.717) is 18.5 Å². The van der Waals surface area contributed by atoms with Crippen molar-refractivity contribution in [3.63, 3.8) is 0 Å². The lowest BCUT2D eigenvalue weighted by molar-refractivity contribution is -0.118. The topological polar surface area (TPSA) is 195 Å². The zero-order chi connectivity index (χ0) is 31.7. The summed E-state index contributed by atoms with van der Waals surface area (Å²) in [5.41, 5.74) is 7.10. The lowest BCUT2D eigenvalue weighted by Gasteiger charge is -2.23. The van der Waals surface area contributed by atoms with E-state index >= 15 is 0 Å². The Hall–Kier alpha value is -5.24. The molecule has 14 heteroatoms. The molecular formula is C30H33N7O7. The molecule has 0 bridgehead atoms. The number of likely N-dealkylation sites (tertiary alicyclic amines) is 2. The van der Waals surface area contributed by atoms with Crippen LogP contribution >= 0.6 is 0 Å². The second-order valence-electron chi connectivity index (χ2n) is 10.9. The van der Waals surface area contributed by atoms with Crippen molar-refractivity contribution in [2.75, 3.05) is 45.2 Å². The molecule has 0 radical (unpaired) electrons. The predicted molar refractivity (Wildman–Crippen MR) is 158 cm³/mol. The number of nitrogens with two attached hydrogens (primary N) is 1. The van der Waals surface area contributed by atoms with Gasteiger partial charge in [0.15, 0.2) is 17.4 Å². The van der Waals surface area contributed by atoms with Crippen LogP contribution in [0, 0.1) is 5.41 Å². The van der Waals surface area contributed by atoms with Gasteiger partial charge >= 0.3 is 12.0 Å². The van der Waals surface area contributed by atoms with E-state index in [-0.39, 0.29) is 72.2 Å². The lowest BCUT2D eigenvalue weighted by Crippen LogP contribution is -2.41. The van der Waals surface area contributed by atoms with Crippen LogP contribution in [0.15, 0.2) is 48.5 Å². The minimum atomic E-state index is -1.20. The van der Waals surface area contributed by atoms with Crippen LogP contribution in [0.3, 0.4) is 0 Å². The molecule has 230 valence electrons. The second kappa shape index (κ2) is 12.2. The van der Waals surface area contributed by atoms with E-state index in [1.165, 1.54) is 41.2 Å². The zero-order valence-corrected chi connectivity index (χ0v) is 24.3. The molecule has 2 amide bonds. The summed E-state index contributed by atoms with van der Waals surface area (Å²) < 4.78 is 6.86. The van der Waals surface area contributed by atoms with E-state index in [1.54, 1.807) is 36.2 Å². The first-order valence-corrected chi connectivity index (χ1v) is 13.9. The SMILES string of the molecule is COc1c(C2CN(C(=O)N3CCC(O)C3)CC2=O)nn(C(=O)c2cccc(C(=O)O)c2)c1N(C)Cc1ccc(C(=N)N)cc1. The number of β-amino-alcohol motifs (C(OH)–C–C–N with tert-alkyl or cyclic N) is 1. The fraction of sp³-hybridized carbons (Fsp3) is 0.333. The monoisotopic (exact) mass is 603 g/mol. The summed E-state index contributed by atoms with van der Waals surface area (Å²) >= 11 is 0. The van der Waals surface area contributed by atoms with E-state index in [9.17, 15) is 29.4 Å². The molecule has 14 nitrogen and oxygen atoms in total. The van der Waals surface area contributed by atoms with Crippen molar-refractivity contribution < 1.29 is 34.1 Å². The molecule has 3 aromatic rings. The quantitative estimate of drug-likeness (QED) is 0.216. The molecule has 5 rings (SSSR count). The molecular weight excluding hydrogens is 570 g/mol. The van der Waals surface area contributed by atoms with Gasteiger partial charge in [0.05, 0.1) is 31.2 Å². The molecule has 2 aliphatic rings. The van der Waals surface area contributed by atoms with E-state index in [0.717, 1.165) is 10.2 Å². The molecule has 0 saturated carbocycles. The van der Waals surface area contributed by atoms with Crippen LogP contribution in [-0.2, 0) is 11.3 Å². The number of carbonyl (C=O) groups is 4. The van der Waals surface area contributed by atoms with Crippen molar-refractivity contribution in [2.45, 2.75) is 25.0 Å². The van der Waals surface area contributed by atoms with Crippen molar-refractivity contribution in [3.05, 3.63) is 76.5 Å². The average molecular weight is 604 g/mol. The van der Waals surface area contributed by atoms with Gasteiger partial charge in [-0.2, -0.15) is 9.78 Å². The number of carbonyl (C=O) groups excluding carboxylic acids is 3. The number of ketones is 1. The van der Waals surface area contributed by atoms with Gasteiger partial charge < -0.3 is 35.4 Å². The number of nitrogens with one attached hydrogen (secondary N) is 1. The van der Waals surface area contributed by atoms with Crippen molar-refractivity contribution in [2.24, 2.45) is 5.73 Å². The first-order valence-electron chi connectivity index (χ1n) is 13.9.